The molecule has 4 N–H and O–H groups in total. The molecule has 0 unspecified atom stereocenters. The summed E-state index contributed by atoms with van der Waals surface area (Å²) in [7, 11) is 1.80. The molecule has 0 amide bonds. The lowest BCUT2D eigenvalue weighted by Gasteiger charge is -2.11. The minimum atomic E-state index is 0.262. The number of nitrogens with two attached hydrogens (primary N) is 1. The first-order valence-corrected chi connectivity index (χ1v) is 6.36. The Morgan fingerprint density at radius 3 is 2.47 bits per heavy atom. The lowest BCUT2D eigenvalue weighted by atomic mass is 10.1. The Morgan fingerprint density at radius 2 is 1.79 bits per heavy atom. The molecule has 5 nitrogen and oxygen atoms in total. The zero-order valence-electron chi connectivity index (χ0n) is 11.3. The van der Waals surface area contributed by atoms with Crippen LogP contribution in [0.3, 0.4) is 0 Å². The maximum absolute atomic E-state index is 5.66. The average molecular weight is 257 g/mol. The van der Waals surface area contributed by atoms with Crippen molar-refractivity contribution in [2.24, 2.45) is 0 Å². The number of anilines is 3. The second-order valence-corrected chi connectivity index (χ2v) is 4.22. The fraction of sp³-hybridized carbons (Fsp3) is 0.286. The van der Waals surface area contributed by atoms with E-state index in [1.807, 2.05) is 12.1 Å². The van der Waals surface area contributed by atoms with Gasteiger partial charge in [0.2, 0.25) is 5.95 Å². The van der Waals surface area contributed by atoms with Gasteiger partial charge in [-0.25, -0.2) is 0 Å². The Balaban J connectivity index is 2.12. The van der Waals surface area contributed by atoms with Crippen molar-refractivity contribution in [3.05, 3.63) is 41.5 Å². The number of aromatic nitrogens is 2. The molecule has 100 valence electrons. The molecule has 0 spiro atoms. The molecule has 0 saturated carbocycles. The summed E-state index contributed by atoms with van der Waals surface area (Å²) in [5.41, 5.74) is 8.27. The molecule has 0 radical (unpaired) electrons. The van der Waals surface area contributed by atoms with Crippen LogP contribution in [-0.2, 0) is 13.0 Å². The molecule has 0 aliphatic carbocycles. The van der Waals surface area contributed by atoms with Crippen molar-refractivity contribution in [2.45, 2.75) is 19.9 Å². The predicted octanol–water partition coefficient (Wildman–Crippen LogP) is 2.27. The monoisotopic (exact) mass is 257 g/mol. The molecule has 0 aliphatic rings. The average Bonchev–Trinajstić information content (AvgIpc) is 2.44. The second kappa shape index (κ2) is 6.04. The first kappa shape index (κ1) is 13.1. The van der Waals surface area contributed by atoms with Gasteiger partial charge in [-0.3, -0.25) is 0 Å². The van der Waals surface area contributed by atoms with Crippen molar-refractivity contribution in [1.29, 1.82) is 0 Å². The molecule has 0 bridgehead atoms. The van der Waals surface area contributed by atoms with Crippen LogP contribution in [0.15, 0.2) is 30.3 Å². The molecule has 19 heavy (non-hydrogen) atoms. The third-order valence-electron chi connectivity index (χ3n) is 2.96. The molecular formula is C14H19N5. The largest absolute Gasteiger partial charge is 0.373 e. The van der Waals surface area contributed by atoms with E-state index in [2.05, 4.69) is 45.7 Å². The van der Waals surface area contributed by atoms with Crippen molar-refractivity contribution < 1.29 is 0 Å². The molecule has 2 rings (SSSR count). The molecule has 5 heteroatoms. The molecule has 0 saturated heterocycles. The molecule has 0 fully saturated rings. The lowest BCUT2D eigenvalue weighted by molar-refractivity contribution is 1.03. The smallest absolute Gasteiger partial charge is 0.223 e. The molecule has 1 heterocycles. The fourth-order valence-corrected chi connectivity index (χ4v) is 1.95. The number of rotatable bonds is 5. The Kier molecular flexibility index (Phi) is 4.18. The maximum Gasteiger partial charge on any atom is 0.223 e. The Labute approximate surface area is 113 Å². The summed E-state index contributed by atoms with van der Waals surface area (Å²) in [6.07, 6.45) is 1.02. The van der Waals surface area contributed by atoms with Gasteiger partial charge in [-0.1, -0.05) is 31.2 Å². The summed E-state index contributed by atoms with van der Waals surface area (Å²) in [5, 5.41) is 6.24. The minimum absolute atomic E-state index is 0.262. The highest BCUT2D eigenvalue weighted by Crippen LogP contribution is 2.15. The van der Waals surface area contributed by atoms with E-state index >= 15 is 0 Å². The molecule has 2 aromatic rings. The first-order chi connectivity index (χ1) is 9.22. The normalized spacial score (nSPS) is 10.2. The zero-order valence-corrected chi connectivity index (χ0v) is 11.3. The summed E-state index contributed by atoms with van der Waals surface area (Å²) in [5.74, 6) is 1.69. The van der Waals surface area contributed by atoms with Crippen LogP contribution in [0.25, 0.3) is 0 Å². The van der Waals surface area contributed by atoms with Gasteiger partial charge in [0, 0.05) is 19.7 Å². The van der Waals surface area contributed by atoms with Crippen molar-refractivity contribution in [3.63, 3.8) is 0 Å². The van der Waals surface area contributed by atoms with Crippen LogP contribution in [0.5, 0.6) is 0 Å². The maximum atomic E-state index is 5.66. The van der Waals surface area contributed by atoms with Gasteiger partial charge in [0.05, 0.1) is 0 Å². The van der Waals surface area contributed by atoms with Gasteiger partial charge >= 0.3 is 0 Å². The summed E-state index contributed by atoms with van der Waals surface area (Å²) in [6.45, 7) is 2.88. The van der Waals surface area contributed by atoms with Gasteiger partial charge in [0.25, 0.3) is 0 Å². The Bertz CT molecular complexity index is 553. The quantitative estimate of drug-likeness (QED) is 0.766. The van der Waals surface area contributed by atoms with Crippen molar-refractivity contribution in [3.8, 4) is 0 Å². The number of nitrogens with zero attached hydrogens (tertiary/aromatic N) is 2. The van der Waals surface area contributed by atoms with E-state index in [-0.39, 0.29) is 5.95 Å². The lowest BCUT2D eigenvalue weighted by Crippen LogP contribution is -2.07. The van der Waals surface area contributed by atoms with E-state index in [1.54, 1.807) is 7.05 Å². The van der Waals surface area contributed by atoms with Crippen LogP contribution < -0.4 is 16.4 Å². The van der Waals surface area contributed by atoms with Crippen molar-refractivity contribution in [2.75, 3.05) is 23.4 Å². The fourth-order valence-electron chi connectivity index (χ4n) is 1.95. The summed E-state index contributed by atoms with van der Waals surface area (Å²) in [6, 6.07) is 10.2. The van der Waals surface area contributed by atoms with Gasteiger partial charge in [0.15, 0.2) is 0 Å². The first-order valence-electron chi connectivity index (χ1n) is 6.36. The highest BCUT2D eigenvalue weighted by Gasteiger charge is 2.03. The van der Waals surface area contributed by atoms with E-state index in [0.29, 0.717) is 5.82 Å². The molecule has 0 atom stereocenters. The number of hydrogen-bond donors (Lipinski definition) is 3. The van der Waals surface area contributed by atoms with E-state index in [0.717, 1.165) is 18.8 Å². The standard InChI is InChI=1S/C14H19N5/c1-3-10-6-4-5-7-11(10)9-17-13-8-12(16-2)18-14(15)19-13/h4-8H,3,9H2,1-2H3,(H4,15,16,17,18,19). The Morgan fingerprint density at radius 1 is 1.11 bits per heavy atom. The van der Waals surface area contributed by atoms with Gasteiger partial charge in [-0.2, -0.15) is 9.97 Å². The van der Waals surface area contributed by atoms with E-state index in [9.17, 15) is 0 Å². The van der Waals surface area contributed by atoms with Crippen LogP contribution in [-0.4, -0.2) is 17.0 Å². The predicted molar refractivity (Wildman–Crippen MR) is 79.1 cm³/mol. The third-order valence-corrected chi connectivity index (χ3v) is 2.96. The van der Waals surface area contributed by atoms with Crippen molar-refractivity contribution >= 4 is 17.6 Å². The number of nitrogen functional groups attached to an aromatic ring is 1. The summed E-state index contributed by atoms with van der Waals surface area (Å²) in [4.78, 5) is 8.22. The number of hydrogen-bond acceptors (Lipinski definition) is 5. The van der Waals surface area contributed by atoms with Gasteiger partial charge in [-0.05, 0) is 17.5 Å². The zero-order chi connectivity index (χ0) is 13.7. The van der Waals surface area contributed by atoms with Crippen molar-refractivity contribution in [1.82, 2.24) is 9.97 Å². The highest BCUT2D eigenvalue weighted by atomic mass is 15.1. The van der Waals surface area contributed by atoms with E-state index in [1.165, 1.54) is 11.1 Å². The van der Waals surface area contributed by atoms with Crippen LogP contribution in [0.2, 0.25) is 0 Å². The van der Waals surface area contributed by atoms with Gasteiger partial charge in [0.1, 0.15) is 11.6 Å². The van der Waals surface area contributed by atoms with E-state index in [4.69, 9.17) is 5.73 Å². The second-order valence-electron chi connectivity index (χ2n) is 4.22. The SMILES string of the molecule is CCc1ccccc1CNc1cc(NC)nc(N)n1. The minimum Gasteiger partial charge on any atom is -0.373 e. The third kappa shape index (κ3) is 3.34. The molecule has 1 aromatic carbocycles. The highest BCUT2D eigenvalue weighted by molar-refractivity contribution is 5.51. The topological polar surface area (TPSA) is 75.9 Å². The molecule has 0 aliphatic heterocycles. The van der Waals surface area contributed by atoms with Gasteiger partial charge in [-0.15, -0.1) is 0 Å². The molecule has 1 aromatic heterocycles. The van der Waals surface area contributed by atoms with E-state index < -0.39 is 0 Å². The molecular weight excluding hydrogens is 238 g/mol. The van der Waals surface area contributed by atoms with Crippen LogP contribution in [0.4, 0.5) is 17.6 Å². The summed E-state index contributed by atoms with van der Waals surface area (Å²) < 4.78 is 0. The van der Waals surface area contributed by atoms with Crippen LogP contribution >= 0.6 is 0 Å². The van der Waals surface area contributed by atoms with Crippen LogP contribution in [0.1, 0.15) is 18.1 Å². The summed E-state index contributed by atoms with van der Waals surface area (Å²) >= 11 is 0. The number of aryl methyl sites for hydroxylation is 1. The number of nitrogens with one attached hydrogen (secondary N) is 2. The number of benzene rings is 1. The Hall–Kier alpha value is -2.30. The van der Waals surface area contributed by atoms with Gasteiger partial charge < -0.3 is 16.4 Å². The van der Waals surface area contributed by atoms with Crippen LogP contribution in [0, 0.1) is 0 Å².